The van der Waals surface area contributed by atoms with Gasteiger partial charge in [0.15, 0.2) is 15.9 Å². The van der Waals surface area contributed by atoms with Gasteiger partial charge in [0.1, 0.15) is 11.5 Å². The van der Waals surface area contributed by atoms with Crippen LogP contribution in [0.25, 0.3) is 0 Å². The number of hydrogen-bond acceptors (Lipinski definition) is 7. The van der Waals surface area contributed by atoms with Crippen LogP contribution in [0.1, 0.15) is 22.8 Å². The first-order valence-corrected chi connectivity index (χ1v) is 10.4. The number of amides is 1. The Hall–Kier alpha value is -3.38. The van der Waals surface area contributed by atoms with E-state index in [2.05, 4.69) is 5.32 Å². The van der Waals surface area contributed by atoms with Gasteiger partial charge in [-0.3, -0.25) is 4.79 Å². The third-order valence-corrected chi connectivity index (χ3v) is 5.21. The topological polar surface area (TPSA) is 123 Å². The third kappa shape index (κ3) is 6.62. The zero-order chi connectivity index (χ0) is 21.4. The molecule has 1 N–H and O–H groups in total. The molecule has 0 radical (unpaired) electrons. The predicted molar refractivity (Wildman–Crippen MR) is 106 cm³/mol. The fourth-order valence-electron chi connectivity index (χ4n) is 2.34. The Morgan fingerprint density at radius 3 is 2.28 bits per heavy atom. The first kappa shape index (κ1) is 21.9. The number of nitrogens with zero attached hydrogens (tertiary/aromatic N) is 1. The first-order chi connectivity index (χ1) is 13.7. The van der Waals surface area contributed by atoms with Crippen LogP contribution in [0.2, 0.25) is 0 Å². The molecule has 0 aliphatic carbocycles. The highest BCUT2D eigenvalue weighted by molar-refractivity contribution is 7.90. The third-order valence-electron chi connectivity index (χ3n) is 3.87. The summed E-state index contributed by atoms with van der Waals surface area (Å²) in [5.41, 5.74) is 1.15. The normalized spacial score (nSPS) is 11.8. The molecule has 0 bridgehead atoms. The molecule has 0 unspecified atom stereocenters. The Kier molecular flexibility index (Phi) is 7.33. The number of ether oxygens (including phenoxy) is 2. The van der Waals surface area contributed by atoms with Crippen LogP contribution in [0.5, 0.6) is 5.75 Å². The minimum Gasteiger partial charge on any atom is -0.497 e. The lowest BCUT2D eigenvalue weighted by molar-refractivity contribution is -0.123. The zero-order valence-corrected chi connectivity index (χ0v) is 16.7. The van der Waals surface area contributed by atoms with E-state index in [1.54, 1.807) is 30.3 Å². The van der Waals surface area contributed by atoms with Gasteiger partial charge in [0.05, 0.1) is 24.5 Å². The molecule has 1 atom stereocenters. The fraction of sp³-hybridized carbons (Fsp3) is 0.250. The number of rotatable bonds is 8. The number of methoxy groups -OCH3 is 1. The number of anilines is 1. The number of esters is 1. The molecule has 2 rings (SSSR count). The van der Waals surface area contributed by atoms with Gasteiger partial charge >= 0.3 is 5.97 Å². The van der Waals surface area contributed by atoms with E-state index >= 15 is 0 Å². The van der Waals surface area contributed by atoms with Crippen molar-refractivity contribution >= 4 is 27.4 Å². The summed E-state index contributed by atoms with van der Waals surface area (Å²) in [6.45, 7) is 1.44. The summed E-state index contributed by atoms with van der Waals surface area (Å²) in [5.74, 6) is -1.43. The number of hydrogen-bond donors (Lipinski definition) is 1. The van der Waals surface area contributed by atoms with Crippen molar-refractivity contribution in [2.45, 2.75) is 18.8 Å². The van der Waals surface area contributed by atoms with Crippen LogP contribution in [0.4, 0.5) is 5.69 Å². The number of sulfone groups is 1. The van der Waals surface area contributed by atoms with Crippen LogP contribution in [0.3, 0.4) is 0 Å². The molecule has 2 aromatic rings. The van der Waals surface area contributed by atoms with E-state index in [4.69, 9.17) is 14.7 Å². The van der Waals surface area contributed by atoms with Gasteiger partial charge in [-0.05, 0) is 48.9 Å². The second kappa shape index (κ2) is 9.71. The van der Waals surface area contributed by atoms with E-state index in [0.717, 1.165) is 0 Å². The Bertz CT molecular complexity index is 1010. The maximum Gasteiger partial charge on any atom is 0.338 e. The van der Waals surface area contributed by atoms with Crippen molar-refractivity contribution in [1.29, 1.82) is 5.26 Å². The lowest BCUT2D eigenvalue weighted by Crippen LogP contribution is -2.30. The molecule has 0 saturated heterocycles. The van der Waals surface area contributed by atoms with E-state index in [1.165, 1.54) is 38.3 Å². The monoisotopic (exact) mass is 416 g/mol. The number of carbonyl (C=O) groups excluding carboxylic acids is 2. The van der Waals surface area contributed by atoms with Crippen LogP contribution in [0.15, 0.2) is 48.5 Å². The maximum atomic E-state index is 12.2. The molecule has 0 aliphatic rings. The average Bonchev–Trinajstić information content (AvgIpc) is 2.68. The largest absolute Gasteiger partial charge is 0.497 e. The van der Waals surface area contributed by atoms with Gasteiger partial charge in [0.2, 0.25) is 0 Å². The Morgan fingerprint density at radius 2 is 1.72 bits per heavy atom. The van der Waals surface area contributed by atoms with E-state index in [1.807, 2.05) is 0 Å². The fourth-order valence-corrected chi connectivity index (χ4v) is 3.34. The van der Waals surface area contributed by atoms with Crippen molar-refractivity contribution in [3.8, 4) is 11.8 Å². The number of benzene rings is 2. The molecule has 8 nitrogen and oxygen atoms in total. The lowest BCUT2D eigenvalue weighted by atomic mass is 10.1. The van der Waals surface area contributed by atoms with Crippen molar-refractivity contribution in [3.05, 3.63) is 59.7 Å². The summed E-state index contributed by atoms with van der Waals surface area (Å²) in [6.07, 6.45) is -1.04. The summed E-state index contributed by atoms with van der Waals surface area (Å²) in [5, 5.41) is 11.1. The molecular weight excluding hydrogens is 396 g/mol. The molecule has 9 heteroatoms. The SMILES string of the molecule is COc1ccc(NC(=O)[C@@H](C)OC(=O)c2ccc(CS(=O)(=O)CC#N)cc2)cc1. The van der Waals surface area contributed by atoms with E-state index in [9.17, 15) is 18.0 Å². The summed E-state index contributed by atoms with van der Waals surface area (Å²) in [6, 6.07) is 14.0. The smallest absolute Gasteiger partial charge is 0.338 e. The minimum absolute atomic E-state index is 0.176. The first-order valence-electron chi connectivity index (χ1n) is 8.56. The lowest BCUT2D eigenvalue weighted by Gasteiger charge is -2.14. The van der Waals surface area contributed by atoms with Crippen molar-refractivity contribution in [1.82, 2.24) is 0 Å². The average molecular weight is 416 g/mol. The molecule has 152 valence electrons. The number of carbonyl (C=O) groups is 2. The molecule has 0 aromatic heterocycles. The van der Waals surface area contributed by atoms with E-state index in [-0.39, 0.29) is 11.3 Å². The van der Waals surface area contributed by atoms with Gasteiger partial charge in [0.25, 0.3) is 5.91 Å². The van der Waals surface area contributed by atoms with Crippen molar-refractivity contribution in [3.63, 3.8) is 0 Å². The highest BCUT2D eigenvalue weighted by atomic mass is 32.2. The summed E-state index contributed by atoms with van der Waals surface area (Å²) < 4.78 is 33.5. The van der Waals surface area contributed by atoms with Gasteiger partial charge in [-0.2, -0.15) is 5.26 Å². The highest BCUT2D eigenvalue weighted by Crippen LogP contribution is 2.16. The van der Waals surface area contributed by atoms with Crippen LogP contribution >= 0.6 is 0 Å². The number of nitrogens with one attached hydrogen (secondary N) is 1. The van der Waals surface area contributed by atoms with Gasteiger partial charge < -0.3 is 14.8 Å². The van der Waals surface area contributed by atoms with Crippen molar-refractivity contribution in [2.75, 3.05) is 18.2 Å². The van der Waals surface area contributed by atoms with E-state index < -0.39 is 33.6 Å². The molecule has 0 spiro atoms. The predicted octanol–water partition coefficient (Wildman–Crippen LogP) is 2.32. The Labute approximate surface area is 169 Å². The standard InChI is InChI=1S/C20H20N2O6S/c1-14(19(23)22-17-7-9-18(27-2)10-8-17)28-20(24)16-5-3-15(4-6-16)13-29(25,26)12-11-21/h3-10,14H,12-13H2,1-2H3,(H,22,23)/t14-/m1/s1. The molecular formula is C20H20N2O6S. The van der Waals surface area contributed by atoms with Crippen LogP contribution in [-0.2, 0) is 25.1 Å². The number of nitriles is 1. The van der Waals surface area contributed by atoms with Crippen molar-refractivity contribution < 1.29 is 27.5 Å². The van der Waals surface area contributed by atoms with Crippen LogP contribution in [-0.4, -0.2) is 39.3 Å². The Balaban J connectivity index is 1.94. The Morgan fingerprint density at radius 1 is 1.10 bits per heavy atom. The second-order valence-electron chi connectivity index (χ2n) is 6.15. The molecule has 2 aromatic carbocycles. The highest BCUT2D eigenvalue weighted by Gasteiger charge is 2.19. The van der Waals surface area contributed by atoms with Crippen LogP contribution < -0.4 is 10.1 Å². The van der Waals surface area contributed by atoms with Crippen molar-refractivity contribution in [2.24, 2.45) is 0 Å². The quantitative estimate of drug-likeness (QED) is 0.655. The minimum atomic E-state index is -3.52. The summed E-state index contributed by atoms with van der Waals surface area (Å²) >= 11 is 0. The molecule has 0 fully saturated rings. The summed E-state index contributed by atoms with van der Waals surface area (Å²) in [7, 11) is -1.99. The molecule has 0 saturated carbocycles. The molecule has 29 heavy (non-hydrogen) atoms. The summed E-state index contributed by atoms with van der Waals surface area (Å²) in [4.78, 5) is 24.4. The van der Waals surface area contributed by atoms with Gasteiger partial charge in [-0.1, -0.05) is 12.1 Å². The van der Waals surface area contributed by atoms with E-state index in [0.29, 0.717) is 17.0 Å². The molecule has 1 amide bonds. The van der Waals surface area contributed by atoms with Crippen LogP contribution in [0, 0.1) is 11.3 Å². The maximum absolute atomic E-state index is 12.2. The van der Waals surface area contributed by atoms with Gasteiger partial charge in [-0.15, -0.1) is 0 Å². The second-order valence-corrected chi connectivity index (χ2v) is 8.22. The zero-order valence-electron chi connectivity index (χ0n) is 15.9. The van der Waals surface area contributed by atoms with Gasteiger partial charge in [0, 0.05) is 5.69 Å². The molecule has 0 heterocycles. The van der Waals surface area contributed by atoms with Gasteiger partial charge in [-0.25, -0.2) is 13.2 Å². The molecule has 0 aliphatic heterocycles.